The van der Waals surface area contributed by atoms with Crippen molar-refractivity contribution in [3.8, 4) is 0 Å². The molecule has 0 aliphatic carbocycles. The van der Waals surface area contributed by atoms with E-state index in [1.54, 1.807) is 0 Å². The third-order valence-electron chi connectivity index (χ3n) is 5.63. The molecule has 1 heterocycles. The zero-order chi connectivity index (χ0) is 22.3. The van der Waals surface area contributed by atoms with Crippen LogP contribution in [0.2, 0.25) is 0 Å². The molecule has 0 spiro atoms. The molecule has 1 aliphatic rings. The molecule has 8 heteroatoms. The van der Waals surface area contributed by atoms with Crippen molar-refractivity contribution in [1.29, 1.82) is 0 Å². The van der Waals surface area contributed by atoms with Crippen LogP contribution >= 0.6 is 0 Å². The van der Waals surface area contributed by atoms with Crippen molar-refractivity contribution < 1.29 is 13.2 Å². The smallest absolute Gasteiger partial charge is 0.282 e. The lowest BCUT2D eigenvalue weighted by molar-refractivity contribution is -0.123. The Hall–Kier alpha value is -2.26. The Morgan fingerprint density at radius 1 is 0.903 bits per heavy atom. The fourth-order valence-corrected chi connectivity index (χ4v) is 5.50. The van der Waals surface area contributed by atoms with Gasteiger partial charge >= 0.3 is 0 Å². The van der Waals surface area contributed by atoms with E-state index in [0.29, 0.717) is 39.3 Å². The summed E-state index contributed by atoms with van der Waals surface area (Å²) in [4.78, 5) is 14.9. The van der Waals surface area contributed by atoms with Crippen molar-refractivity contribution in [3.05, 3.63) is 71.8 Å². The van der Waals surface area contributed by atoms with Crippen molar-refractivity contribution in [2.24, 2.45) is 0 Å². The lowest BCUT2D eigenvalue weighted by Gasteiger charge is -2.36. The maximum absolute atomic E-state index is 12.9. The largest absolute Gasteiger partial charge is 0.344 e. The number of carbonyl (C=O) groups is 1. The molecule has 1 amide bonds. The fraction of sp³-hybridized carbons (Fsp3) is 0.435. The van der Waals surface area contributed by atoms with Crippen molar-refractivity contribution >= 4 is 16.1 Å². The highest BCUT2D eigenvalue weighted by Crippen LogP contribution is 2.21. The summed E-state index contributed by atoms with van der Waals surface area (Å²) >= 11 is 0. The van der Waals surface area contributed by atoms with E-state index >= 15 is 0 Å². The number of nitrogens with one attached hydrogen (secondary N) is 1. The Morgan fingerprint density at radius 3 is 1.84 bits per heavy atom. The van der Waals surface area contributed by atoms with Crippen LogP contribution in [-0.4, -0.2) is 73.6 Å². The normalized spacial score (nSPS) is 16.0. The standard InChI is InChI=1S/C23H32N4O3S/c1-3-26(4-2)31(29,30)27-17-15-25(16-18-27)19-22(28)24-23(20-11-7-5-8-12-20)21-13-9-6-10-14-21/h5-14,23H,3-4,15-19H2,1-2H3,(H,24,28). The topological polar surface area (TPSA) is 73.0 Å². The number of rotatable bonds is 9. The zero-order valence-corrected chi connectivity index (χ0v) is 19.1. The average Bonchev–Trinajstić information content (AvgIpc) is 2.79. The van der Waals surface area contributed by atoms with Gasteiger partial charge in [-0.05, 0) is 11.1 Å². The molecule has 0 bridgehead atoms. The number of piperazine rings is 1. The summed E-state index contributed by atoms with van der Waals surface area (Å²) in [5, 5.41) is 3.15. The molecule has 1 fully saturated rings. The molecule has 0 radical (unpaired) electrons. The van der Waals surface area contributed by atoms with E-state index < -0.39 is 10.2 Å². The Kier molecular flexibility index (Phi) is 8.20. The van der Waals surface area contributed by atoms with Gasteiger partial charge < -0.3 is 5.32 Å². The van der Waals surface area contributed by atoms with Gasteiger partial charge in [-0.25, -0.2) is 0 Å². The first-order valence-electron chi connectivity index (χ1n) is 10.8. The molecular weight excluding hydrogens is 412 g/mol. The quantitative estimate of drug-likeness (QED) is 0.643. The van der Waals surface area contributed by atoms with Gasteiger partial charge in [-0.1, -0.05) is 74.5 Å². The van der Waals surface area contributed by atoms with Crippen LogP contribution in [0.1, 0.15) is 31.0 Å². The first-order chi connectivity index (χ1) is 15.0. The number of benzene rings is 2. The molecule has 0 saturated carbocycles. The zero-order valence-electron chi connectivity index (χ0n) is 18.3. The summed E-state index contributed by atoms with van der Waals surface area (Å²) in [5.41, 5.74) is 2.05. The summed E-state index contributed by atoms with van der Waals surface area (Å²) in [6.45, 7) is 6.72. The summed E-state index contributed by atoms with van der Waals surface area (Å²) in [6.07, 6.45) is 0. The van der Waals surface area contributed by atoms with Gasteiger partial charge in [0.05, 0.1) is 12.6 Å². The van der Waals surface area contributed by atoms with E-state index in [-0.39, 0.29) is 18.5 Å². The number of hydrogen-bond acceptors (Lipinski definition) is 4. The minimum atomic E-state index is -3.43. The molecule has 1 aliphatic heterocycles. The highest BCUT2D eigenvalue weighted by atomic mass is 32.2. The monoisotopic (exact) mass is 444 g/mol. The highest BCUT2D eigenvalue weighted by molar-refractivity contribution is 7.86. The molecule has 0 unspecified atom stereocenters. The van der Waals surface area contributed by atoms with Crippen molar-refractivity contribution in [3.63, 3.8) is 0 Å². The summed E-state index contributed by atoms with van der Waals surface area (Å²) in [5.74, 6) is -0.0715. The summed E-state index contributed by atoms with van der Waals surface area (Å²) < 4.78 is 28.4. The molecule has 31 heavy (non-hydrogen) atoms. The van der Waals surface area contributed by atoms with Gasteiger partial charge in [-0.15, -0.1) is 0 Å². The van der Waals surface area contributed by atoms with E-state index in [0.717, 1.165) is 11.1 Å². The lowest BCUT2D eigenvalue weighted by Crippen LogP contribution is -2.54. The predicted molar refractivity (Wildman–Crippen MR) is 123 cm³/mol. The van der Waals surface area contributed by atoms with Crippen LogP contribution < -0.4 is 5.32 Å². The second-order valence-corrected chi connectivity index (χ2v) is 9.52. The molecule has 2 aromatic carbocycles. The van der Waals surface area contributed by atoms with E-state index in [2.05, 4.69) is 5.32 Å². The molecular formula is C23H32N4O3S. The van der Waals surface area contributed by atoms with Crippen molar-refractivity contribution in [2.45, 2.75) is 19.9 Å². The second-order valence-electron chi connectivity index (χ2n) is 7.59. The molecule has 0 aromatic heterocycles. The van der Waals surface area contributed by atoms with Crippen molar-refractivity contribution in [2.75, 3.05) is 45.8 Å². The van der Waals surface area contributed by atoms with E-state index in [1.165, 1.54) is 8.61 Å². The second kappa shape index (κ2) is 10.9. The Morgan fingerprint density at radius 2 is 1.39 bits per heavy atom. The van der Waals surface area contributed by atoms with E-state index in [9.17, 15) is 13.2 Å². The van der Waals surface area contributed by atoms with E-state index in [1.807, 2.05) is 79.4 Å². The molecule has 1 N–H and O–H groups in total. The number of hydrogen-bond donors (Lipinski definition) is 1. The van der Waals surface area contributed by atoms with Crippen LogP contribution in [0.3, 0.4) is 0 Å². The van der Waals surface area contributed by atoms with Gasteiger partial charge in [0, 0.05) is 39.3 Å². The van der Waals surface area contributed by atoms with Gasteiger partial charge in [-0.2, -0.15) is 17.0 Å². The fourth-order valence-electron chi connectivity index (χ4n) is 3.89. The number of carbonyl (C=O) groups excluding carboxylic acids is 1. The lowest BCUT2D eigenvalue weighted by atomic mass is 9.99. The van der Waals surface area contributed by atoms with Gasteiger partial charge in [0.2, 0.25) is 5.91 Å². The Bertz CT molecular complexity index is 886. The molecule has 2 aromatic rings. The first-order valence-corrected chi connectivity index (χ1v) is 12.2. The predicted octanol–water partition coefficient (Wildman–Crippen LogP) is 2.10. The molecule has 3 rings (SSSR count). The highest BCUT2D eigenvalue weighted by Gasteiger charge is 2.31. The van der Waals surface area contributed by atoms with Crippen molar-refractivity contribution in [1.82, 2.24) is 18.8 Å². The summed E-state index contributed by atoms with van der Waals surface area (Å²) in [6, 6.07) is 19.6. The van der Waals surface area contributed by atoms with Crippen LogP contribution in [-0.2, 0) is 15.0 Å². The Labute approximate surface area is 185 Å². The number of nitrogens with zero attached hydrogens (tertiary/aromatic N) is 3. The molecule has 168 valence electrons. The van der Waals surface area contributed by atoms with Gasteiger partial charge in [0.25, 0.3) is 10.2 Å². The number of amides is 1. The van der Waals surface area contributed by atoms with Gasteiger partial charge in [0.15, 0.2) is 0 Å². The third-order valence-corrected chi connectivity index (χ3v) is 7.81. The van der Waals surface area contributed by atoms with Crippen LogP contribution in [0.25, 0.3) is 0 Å². The van der Waals surface area contributed by atoms with Crippen LogP contribution in [0, 0.1) is 0 Å². The maximum atomic E-state index is 12.9. The van der Waals surface area contributed by atoms with Crippen LogP contribution in [0.5, 0.6) is 0 Å². The summed E-state index contributed by atoms with van der Waals surface area (Å²) in [7, 11) is -3.43. The average molecular weight is 445 g/mol. The van der Waals surface area contributed by atoms with E-state index in [4.69, 9.17) is 0 Å². The van der Waals surface area contributed by atoms with Gasteiger partial charge in [0.1, 0.15) is 0 Å². The first kappa shape index (κ1) is 23.4. The van der Waals surface area contributed by atoms with Gasteiger partial charge in [-0.3, -0.25) is 9.69 Å². The molecule has 1 saturated heterocycles. The third kappa shape index (κ3) is 5.92. The minimum absolute atomic E-state index is 0.0715. The van der Waals surface area contributed by atoms with Crippen LogP contribution in [0.4, 0.5) is 0 Å². The SMILES string of the molecule is CCN(CC)S(=O)(=O)N1CCN(CC(=O)NC(c2ccccc2)c2ccccc2)CC1. The molecule has 7 nitrogen and oxygen atoms in total. The molecule has 0 atom stereocenters. The Balaban J connectivity index is 1.60. The minimum Gasteiger partial charge on any atom is -0.344 e. The maximum Gasteiger partial charge on any atom is 0.282 e. The van der Waals surface area contributed by atoms with Crippen LogP contribution in [0.15, 0.2) is 60.7 Å².